The maximum atomic E-state index is 13.2. The summed E-state index contributed by atoms with van der Waals surface area (Å²) in [6, 6.07) is -0.232. The van der Waals surface area contributed by atoms with Gasteiger partial charge in [-0.25, -0.2) is 0 Å². The van der Waals surface area contributed by atoms with E-state index in [1.165, 1.54) is 20.8 Å². The lowest BCUT2D eigenvalue weighted by molar-refractivity contribution is -0.268. The van der Waals surface area contributed by atoms with Crippen LogP contribution in [0, 0.1) is 23.7 Å². The molecule has 12 heteroatoms. The van der Waals surface area contributed by atoms with E-state index in [0.717, 1.165) is 0 Å². The van der Waals surface area contributed by atoms with Crippen LogP contribution >= 0.6 is 11.6 Å². The number of nitrogens with zero attached hydrogens (tertiary/aromatic N) is 1. The SMILES string of the molecule is CC[C@H]1OC(=O)[C@H](C)[C@@H](O)[C@H](C)[C@H](O[C@H]2CC(N(C)C(=O)CCl)C[C@@H](C)O2)C(C)(O)C[C@H](C)[C@H](O)[C@@H](C)[C@H](O)C1(C)O. The van der Waals surface area contributed by atoms with Crippen LogP contribution in [0.25, 0.3) is 0 Å². The lowest BCUT2D eigenvalue weighted by Gasteiger charge is -2.46. The van der Waals surface area contributed by atoms with Gasteiger partial charge in [0.25, 0.3) is 0 Å². The molecule has 2 fully saturated rings. The molecule has 14 atom stereocenters. The summed E-state index contributed by atoms with van der Waals surface area (Å²) in [5, 5.41) is 56.9. The van der Waals surface area contributed by atoms with Crippen LogP contribution in [0.4, 0.5) is 0 Å². The Labute approximate surface area is 255 Å². The van der Waals surface area contributed by atoms with E-state index in [4.69, 9.17) is 25.8 Å². The average Bonchev–Trinajstić information content (AvgIpc) is 2.93. The first-order chi connectivity index (χ1) is 19.3. The molecule has 3 unspecified atom stereocenters. The van der Waals surface area contributed by atoms with Gasteiger partial charge in [0.15, 0.2) is 6.29 Å². The fraction of sp³-hybridized carbons (Fsp3) is 0.933. The minimum absolute atomic E-state index is 0.00146. The average molecular weight is 624 g/mol. The summed E-state index contributed by atoms with van der Waals surface area (Å²) in [6.07, 6.45) is -6.21. The maximum Gasteiger partial charge on any atom is 0.311 e. The van der Waals surface area contributed by atoms with Gasteiger partial charge in [0.2, 0.25) is 5.91 Å². The number of halogens is 1. The standard InChI is InChI=1S/C30H54ClNO10/c1-10-21-30(8,39)26(36)17(4)24(34)15(2)13-29(7,38)27(18(5)25(35)19(6)28(37)41-21)42-23-12-20(11-16(3)40-23)32(9)22(33)14-31/h15-21,23-27,34-36,38-39H,10-14H2,1-9H3/t15-,16+,17+,18-,19+,20?,21+,23-,24-,25-,26-,27-,29?,30?/m0/s1. The largest absolute Gasteiger partial charge is 0.459 e. The van der Waals surface area contributed by atoms with Crippen molar-refractivity contribution >= 4 is 23.5 Å². The van der Waals surface area contributed by atoms with Crippen LogP contribution in [0.1, 0.15) is 81.1 Å². The van der Waals surface area contributed by atoms with Crippen molar-refractivity contribution in [1.82, 2.24) is 4.90 Å². The predicted octanol–water partition coefficient (Wildman–Crippen LogP) is 1.82. The summed E-state index contributed by atoms with van der Waals surface area (Å²) in [5.74, 6) is -4.50. The predicted molar refractivity (Wildman–Crippen MR) is 156 cm³/mol. The van der Waals surface area contributed by atoms with E-state index in [-0.39, 0.29) is 36.8 Å². The highest BCUT2D eigenvalue weighted by molar-refractivity contribution is 6.27. The number of ether oxygens (including phenoxy) is 3. The molecule has 2 rings (SSSR count). The van der Waals surface area contributed by atoms with Crippen LogP contribution < -0.4 is 0 Å². The van der Waals surface area contributed by atoms with E-state index in [0.29, 0.717) is 12.8 Å². The molecule has 42 heavy (non-hydrogen) atoms. The first-order valence-corrected chi connectivity index (χ1v) is 15.6. The smallest absolute Gasteiger partial charge is 0.311 e. The van der Waals surface area contributed by atoms with E-state index in [1.54, 1.807) is 39.6 Å². The molecule has 0 aliphatic carbocycles. The van der Waals surface area contributed by atoms with Crippen LogP contribution in [-0.4, -0.2) is 115 Å². The third-order valence-corrected chi connectivity index (χ3v) is 9.78. The summed E-state index contributed by atoms with van der Waals surface area (Å²) < 4.78 is 18.1. The fourth-order valence-corrected chi connectivity index (χ4v) is 6.92. The Hall–Kier alpha value is -1.05. The number of hydrogen-bond donors (Lipinski definition) is 5. The number of hydrogen-bond acceptors (Lipinski definition) is 10. The second-order valence-electron chi connectivity index (χ2n) is 13.2. The van der Waals surface area contributed by atoms with Gasteiger partial charge in [-0.1, -0.05) is 27.7 Å². The summed E-state index contributed by atoms with van der Waals surface area (Å²) in [6.45, 7) is 12.9. The highest BCUT2D eigenvalue weighted by Crippen LogP contribution is 2.38. The number of alkyl halides is 1. The highest BCUT2D eigenvalue weighted by atomic mass is 35.5. The first kappa shape index (κ1) is 37.1. The quantitative estimate of drug-likeness (QED) is 0.225. The molecular formula is C30H54ClNO10. The highest BCUT2D eigenvalue weighted by Gasteiger charge is 2.50. The molecule has 0 aromatic heterocycles. The molecule has 2 saturated heterocycles. The Morgan fingerprint density at radius 1 is 1.05 bits per heavy atom. The molecular weight excluding hydrogens is 570 g/mol. The van der Waals surface area contributed by atoms with Gasteiger partial charge < -0.3 is 44.6 Å². The molecule has 2 heterocycles. The van der Waals surface area contributed by atoms with Crippen molar-refractivity contribution in [2.45, 2.75) is 141 Å². The Bertz CT molecular complexity index is 903. The molecule has 0 bridgehead atoms. The Kier molecular flexibility index (Phi) is 13.1. The molecule has 1 amide bonds. The minimum Gasteiger partial charge on any atom is -0.459 e. The fourth-order valence-electron chi connectivity index (χ4n) is 6.73. The second-order valence-corrected chi connectivity index (χ2v) is 13.5. The molecule has 0 saturated carbocycles. The van der Waals surface area contributed by atoms with Gasteiger partial charge in [0.05, 0.1) is 42.0 Å². The number of cyclic esters (lactones) is 1. The Morgan fingerprint density at radius 3 is 2.19 bits per heavy atom. The zero-order chi connectivity index (χ0) is 32.3. The van der Waals surface area contributed by atoms with Crippen LogP contribution in [0.3, 0.4) is 0 Å². The number of esters is 1. The van der Waals surface area contributed by atoms with Gasteiger partial charge in [-0.15, -0.1) is 11.6 Å². The summed E-state index contributed by atoms with van der Waals surface area (Å²) in [5.41, 5.74) is -3.53. The molecule has 0 aromatic carbocycles. The van der Waals surface area contributed by atoms with Gasteiger partial charge in [0, 0.05) is 31.3 Å². The number of aliphatic hydroxyl groups excluding tert-OH is 3. The van der Waals surface area contributed by atoms with Gasteiger partial charge in [-0.2, -0.15) is 0 Å². The number of carbonyl (C=O) groups is 2. The topological polar surface area (TPSA) is 166 Å². The molecule has 2 aliphatic heterocycles. The van der Waals surface area contributed by atoms with E-state index >= 15 is 0 Å². The minimum atomic E-state index is -1.89. The van der Waals surface area contributed by atoms with Gasteiger partial charge >= 0.3 is 5.97 Å². The van der Waals surface area contributed by atoms with E-state index in [9.17, 15) is 35.1 Å². The lowest BCUT2D eigenvalue weighted by Crippen LogP contribution is -2.58. The zero-order valence-electron chi connectivity index (χ0n) is 26.6. The Morgan fingerprint density at radius 2 is 1.64 bits per heavy atom. The van der Waals surface area contributed by atoms with Crippen molar-refractivity contribution in [1.29, 1.82) is 0 Å². The van der Waals surface area contributed by atoms with Crippen molar-refractivity contribution in [2.75, 3.05) is 12.9 Å². The lowest BCUT2D eigenvalue weighted by atomic mass is 9.73. The number of carbonyl (C=O) groups excluding carboxylic acids is 2. The van der Waals surface area contributed by atoms with Crippen molar-refractivity contribution in [3.63, 3.8) is 0 Å². The Balaban J connectivity index is 2.49. The molecule has 2 aliphatic rings. The summed E-state index contributed by atoms with van der Waals surface area (Å²) in [4.78, 5) is 27.1. The van der Waals surface area contributed by atoms with Gasteiger partial charge in [-0.05, 0) is 52.9 Å². The zero-order valence-corrected chi connectivity index (χ0v) is 27.3. The number of amides is 1. The molecule has 0 aromatic rings. The van der Waals surface area contributed by atoms with E-state index in [2.05, 4.69) is 0 Å². The monoisotopic (exact) mass is 623 g/mol. The van der Waals surface area contributed by atoms with Crippen molar-refractivity contribution < 1.29 is 49.3 Å². The maximum absolute atomic E-state index is 13.2. The third-order valence-electron chi connectivity index (χ3n) is 9.55. The second kappa shape index (κ2) is 14.8. The molecule has 0 spiro atoms. The van der Waals surface area contributed by atoms with Crippen LogP contribution in [-0.2, 0) is 23.8 Å². The van der Waals surface area contributed by atoms with E-state index < -0.39 is 77.7 Å². The molecule has 5 N–H and O–H groups in total. The van der Waals surface area contributed by atoms with Crippen molar-refractivity contribution in [2.24, 2.45) is 23.7 Å². The third kappa shape index (κ3) is 8.35. The number of rotatable bonds is 5. The van der Waals surface area contributed by atoms with Gasteiger partial charge in [0.1, 0.15) is 17.6 Å². The van der Waals surface area contributed by atoms with E-state index in [1.807, 2.05) is 6.92 Å². The van der Waals surface area contributed by atoms with Gasteiger partial charge in [-0.3, -0.25) is 9.59 Å². The van der Waals surface area contributed by atoms with Crippen LogP contribution in [0.2, 0.25) is 0 Å². The first-order valence-electron chi connectivity index (χ1n) is 15.1. The summed E-state index contributed by atoms with van der Waals surface area (Å²) in [7, 11) is 1.67. The summed E-state index contributed by atoms with van der Waals surface area (Å²) >= 11 is 5.78. The van der Waals surface area contributed by atoms with Crippen molar-refractivity contribution in [3.05, 3.63) is 0 Å². The van der Waals surface area contributed by atoms with Crippen LogP contribution in [0.15, 0.2) is 0 Å². The molecule has 246 valence electrons. The van der Waals surface area contributed by atoms with Crippen LogP contribution in [0.5, 0.6) is 0 Å². The number of aliphatic hydroxyl groups is 5. The normalized spacial score (nSPS) is 46.4. The molecule has 11 nitrogen and oxygen atoms in total. The molecule has 0 radical (unpaired) electrons. The van der Waals surface area contributed by atoms with Crippen molar-refractivity contribution in [3.8, 4) is 0 Å².